The van der Waals surface area contributed by atoms with Crippen molar-refractivity contribution in [1.82, 2.24) is 4.57 Å². The van der Waals surface area contributed by atoms with Gasteiger partial charge in [-0.1, -0.05) is 36.4 Å². The minimum absolute atomic E-state index is 0.589. The smallest absolute Gasteiger partial charge is 0.433 e. The van der Waals surface area contributed by atoms with E-state index in [2.05, 4.69) is 14.3 Å². The van der Waals surface area contributed by atoms with Crippen molar-refractivity contribution in [3.63, 3.8) is 0 Å². The predicted molar refractivity (Wildman–Crippen MR) is 78.4 cm³/mol. The Bertz CT molecular complexity index is 818. The molecule has 4 heteroatoms. The van der Waals surface area contributed by atoms with Crippen molar-refractivity contribution in [1.29, 1.82) is 0 Å². The molecule has 1 aromatic heterocycles. The molecule has 0 aliphatic carbocycles. The summed E-state index contributed by atoms with van der Waals surface area (Å²) < 4.78 is 6.77. The van der Waals surface area contributed by atoms with Crippen LogP contribution >= 0.6 is 0 Å². The van der Waals surface area contributed by atoms with Crippen molar-refractivity contribution >= 4 is 27.9 Å². The standard InChI is InChI=1S/C16H14N2O2/c1-18-13-9-5-3-7-11(13)15(17-16(19)20-2)12-8-4-6-10-14(12)18/h3-10H,1-2H3. The van der Waals surface area contributed by atoms with Crippen LogP contribution in [-0.4, -0.2) is 17.8 Å². The summed E-state index contributed by atoms with van der Waals surface area (Å²) in [5.74, 6) is 0. The third-order valence-corrected chi connectivity index (χ3v) is 3.42. The maximum atomic E-state index is 11.6. The number of hydrogen-bond acceptors (Lipinski definition) is 2. The van der Waals surface area contributed by atoms with Crippen molar-refractivity contribution in [2.45, 2.75) is 0 Å². The van der Waals surface area contributed by atoms with Crippen LogP contribution in [-0.2, 0) is 11.8 Å². The Morgan fingerprint density at radius 1 is 1.00 bits per heavy atom. The van der Waals surface area contributed by atoms with E-state index in [0.717, 1.165) is 21.8 Å². The average molecular weight is 266 g/mol. The van der Waals surface area contributed by atoms with E-state index in [-0.39, 0.29) is 0 Å². The van der Waals surface area contributed by atoms with Crippen molar-refractivity contribution in [3.8, 4) is 0 Å². The normalized spacial score (nSPS) is 10.7. The predicted octanol–water partition coefficient (Wildman–Crippen LogP) is 3.00. The van der Waals surface area contributed by atoms with E-state index in [0.29, 0.717) is 5.36 Å². The first kappa shape index (κ1) is 12.4. The van der Waals surface area contributed by atoms with E-state index < -0.39 is 6.09 Å². The molecule has 0 atom stereocenters. The lowest BCUT2D eigenvalue weighted by Gasteiger charge is -2.11. The number of para-hydroxylation sites is 2. The van der Waals surface area contributed by atoms with Crippen LogP contribution in [0, 0.1) is 0 Å². The quantitative estimate of drug-likeness (QED) is 0.587. The zero-order chi connectivity index (χ0) is 14.1. The van der Waals surface area contributed by atoms with Crippen LogP contribution in [0.4, 0.5) is 4.79 Å². The number of carbonyl (C=O) groups is 1. The summed E-state index contributed by atoms with van der Waals surface area (Å²) in [6.45, 7) is 0. The fourth-order valence-corrected chi connectivity index (χ4v) is 2.46. The molecule has 0 N–H and O–H groups in total. The summed E-state index contributed by atoms with van der Waals surface area (Å²) in [4.78, 5) is 15.7. The third kappa shape index (κ3) is 1.86. The molecule has 0 unspecified atom stereocenters. The second kappa shape index (κ2) is 4.81. The second-order valence-corrected chi connectivity index (χ2v) is 4.52. The second-order valence-electron chi connectivity index (χ2n) is 4.52. The number of amides is 1. The van der Waals surface area contributed by atoms with Gasteiger partial charge in [0.1, 0.15) is 0 Å². The van der Waals surface area contributed by atoms with Gasteiger partial charge in [-0.25, -0.2) is 4.79 Å². The first-order valence-electron chi connectivity index (χ1n) is 6.31. The molecule has 100 valence electrons. The molecule has 20 heavy (non-hydrogen) atoms. The summed E-state index contributed by atoms with van der Waals surface area (Å²) in [5.41, 5.74) is 2.04. The highest BCUT2D eigenvalue weighted by Crippen LogP contribution is 2.17. The topological polar surface area (TPSA) is 43.6 Å². The number of aromatic nitrogens is 1. The highest BCUT2D eigenvalue weighted by molar-refractivity contribution is 5.94. The molecule has 1 heterocycles. The van der Waals surface area contributed by atoms with Gasteiger partial charge in [0.25, 0.3) is 0 Å². The largest absolute Gasteiger partial charge is 0.451 e. The SMILES string of the molecule is COC(=O)N=c1c2ccccc2n(C)c2ccccc12. The molecule has 0 saturated heterocycles. The molecule has 1 amide bonds. The maximum Gasteiger partial charge on any atom is 0.433 e. The Balaban J connectivity index is 2.60. The number of pyridine rings is 1. The van der Waals surface area contributed by atoms with Gasteiger partial charge in [-0.2, -0.15) is 4.99 Å². The average Bonchev–Trinajstić information content (AvgIpc) is 2.51. The van der Waals surface area contributed by atoms with Gasteiger partial charge in [-0.3, -0.25) is 0 Å². The molecule has 0 aliphatic heterocycles. The van der Waals surface area contributed by atoms with E-state index in [1.807, 2.05) is 55.6 Å². The van der Waals surface area contributed by atoms with Gasteiger partial charge in [-0.05, 0) is 12.1 Å². The molecule has 3 rings (SSSR count). The molecule has 2 aromatic carbocycles. The van der Waals surface area contributed by atoms with Gasteiger partial charge < -0.3 is 9.30 Å². The van der Waals surface area contributed by atoms with E-state index in [1.54, 1.807) is 0 Å². The van der Waals surface area contributed by atoms with Crippen LogP contribution in [0.5, 0.6) is 0 Å². The third-order valence-electron chi connectivity index (χ3n) is 3.42. The van der Waals surface area contributed by atoms with Crippen LogP contribution in [0.15, 0.2) is 53.5 Å². The Morgan fingerprint density at radius 3 is 2.00 bits per heavy atom. The van der Waals surface area contributed by atoms with E-state index in [4.69, 9.17) is 0 Å². The molecule has 0 radical (unpaired) electrons. The Labute approximate surface area is 115 Å². The molecule has 4 nitrogen and oxygen atoms in total. The summed E-state index contributed by atoms with van der Waals surface area (Å²) in [7, 11) is 3.34. The molecule has 0 fully saturated rings. The van der Waals surface area contributed by atoms with Crippen molar-refractivity contribution in [2.24, 2.45) is 12.0 Å². The molecular formula is C16H14N2O2. The van der Waals surface area contributed by atoms with Crippen LogP contribution in [0.1, 0.15) is 0 Å². The minimum Gasteiger partial charge on any atom is -0.451 e. The maximum absolute atomic E-state index is 11.6. The Hall–Kier alpha value is -2.62. The first-order valence-corrected chi connectivity index (χ1v) is 6.31. The van der Waals surface area contributed by atoms with E-state index in [9.17, 15) is 4.79 Å². The molecular weight excluding hydrogens is 252 g/mol. The van der Waals surface area contributed by atoms with Crippen LogP contribution in [0.25, 0.3) is 21.8 Å². The summed E-state index contributed by atoms with van der Waals surface area (Å²) in [6, 6.07) is 15.8. The Morgan fingerprint density at radius 2 is 1.50 bits per heavy atom. The zero-order valence-electron chi connectivity index (χ0n) is 11.3. The number of rotatable bonds is 0. The number of aryl methyl sites for hydroxylation is 1. The number of nitrogens with zero attached hydrogens (tertiary/aromatic N) is 2. The monoisotopic (exact) mass is 266 g/mol. The number of hydrogen-bond donors (Lipinski definition) is 0. The number of ether oxygens (including phenoxy) is 1. The number of carbonyl (C=O) groups excluding carboxylic acids is 1. The van der Waals surface area contributed by atoms with Gasteiger partial charge >= 0.3 is 6.09 Å². The van der Waals surface area contributed by atoms with Crippen LogP contribution < -0.4 is 5.36 Å². The Kier molecular flexibility index (Phi) is 2.99. The highest BCUT2D eigenvalue weighted by atomic mass is 16.5. The molecule has 0 spiro atoms. The van der Waals surface area contributed by atoms with Crippen LogP contribution in [0.2, 0.25) is 0 Å². The lowest BCUT2D eigenvalue weighted by molar-refractivity contribution is 0.181. The molecule has 0 aliphatic rings. The van der Waals surface area contributed by atoms with Gasteiger partial charge in [0.2, 0.25) is 0 Å². The summed E-state index contributed by atoms with van der Waals surface area (Å²) in [6.07, 6.45) is -0.589. The molecule has 3 aromatic rings. The first-order chi connectivity index (χ1) is 9.72. The van der Waals surface area contributed by atoms with Crippen molar-refractivity contribution in [2.75, 3.05) is 7.11 Å². The molecule has 0 bridgehead atoms. The number of fused-ring (bicyclic) bond motifs is 2. The van der Waals surface area contributed by atoms with Gasteiger partial charge in [0.05, 0.1) is 23.5 Å². The van der Waals surface area contributed by atoms with Crippen LogP contribution in [0.3, 0.4) is 0 Å². The fraction of sp³-hybridized carbons (Fsp3) is 0.125. The number of methoxy groups -OCH3 is 1. The van der Waals surface area contributed by atoms with Gasteiger partial charge in [0.15, 0.2) is 0 Å². The van der Waals surface area contributed by atoms with Gasteiger partial charge in [-0.15, -0.1) is 0 Å². The fourth-order valence-electron chi connectivity index (χ4n) is 2.46. The minimum atomic E-state index is -0.589. The summed E-state index contributed by atoms with van der Waals surface area (Å²) >= 11 is 0. The molecule has 0 saturated carbocycles. The van der Waals surface area contributed by atoms with E-state index in [1.165, 1.54) is 7.11 Å². The van der Waals surface area contributed by atoms with E-state index >= 15 is 0 Å². The lowest BCUT2D eigenvalue weighted by atomic mass is 10.1. The number of benzene rings is 2. The zero-order valence-corrected chi connectivity index (χ0v) is 11.3. The van der Waals surface area contributed by atoms with Crippen molar-refractivity contribution in [3.05, 3.63) is 53.9 Å². The highest BCUT2D eigenvalue weighted by Gasteiger charge is 2.07. The van der Waals surface area contributed by atoms with Gasteiger partial charge in [0, 0.05) is 17.8 Å². The van der Waals surface area contributed by atoms with Crippen molar-refractivity contribution < 1.29 is 9.53 Å². The lowest BCUT2D eigenvalue weighted by Crippen LogP contribution is -2.13. The summed E-state index contributed by atoms with van der Waals surface area (Å²) in [5, 5.41) is 2.51.